The maximum Gasteiger partial charge on any atom is 0.335 e. The number of carboxylic acids is 1. The molecular formula is C15H16N2O3S. The van der Waals surface area contributed by atoms with E-state index in [0.29, 0.717) is 5.69 Å². The fourth-order valence-electron chi connectivity index (χ4n) is 1.90. The number of carbonyl (C=O) groups excluding carboxylic acids is 1. The van der Waals surface area contributed by atoms with E-state index in [1.807, 2.05) is 18.4 Å². The molecule has 0 saturated heterocycles. The maximum absolute atomic E-state index is 11.8. The lowest BCUT2D eigenvalue weighted by atomic mass is 10.1. The number of aromatic carboxylic acids is 1. The van der Waals surface area contributed by atoms with Crippen LogP contribution in [0.25, 0.3) is 0 Å². The minimum absolute atomic E-state index is 0.0119. The second-order valence-corrected chi connectivity index (χ2v) is 5.50. The highest BCUT2D eigenvalue weighted by Gasteiger charge is 2.09. The number of nitrogens with one attached hydrogen (secondary N) is 2. The lowest BCUT2D eigenvalue weighted by Crippen LogP contribution is -2.37. The van der Waals surface area contributed by atoms with Gasteiger partial charge in [-0.25, -0.2) is 9.59 Å². The molecule has 0 radical (unpaired) electrons. The van der Waals surface area contributed by atoms with Crippen molar-refractivity contribution in [1.82, 2.24) is 5.32 Å². The highest BCUT2D eigenvalue weighted by atomic mass is 32.1. The van der Waals surface area contributed by atoms with Gasteiger partial charge in [0.2, 0.25) is 0 Å². The van der Waals surface area contributed by atoms with Crippen LogP contribution in [-0.4, -0.2) is 23.1 Å². The first kappa shape index (κ1) is 15.1. The summed E-state index contributed by atoms with van der Waals surface area (Å²) in [5, 5.41) is 18.4. The normalized spacial score (nSPS) is 11.7. The van der Waals surface area contributed by atoms with Crippen LogP contribution in [0.1, 0.15) is 22.8 Å². The average molecular weight is 304 g/mol. The van der Waals surface area contributed by atoms with Crippen molar-refractivity contribution >= 4 is 29.0 Å². The molecule has 0 fully saturated rings. The number of carbonyl (C=O) groups is 2. The summed E-state index contributed by atoms with van der Waals surface area (Å²) in [6.45, 7) is 1.94. The van der Waals surface area contributed by atoms with Gasteiger partial charge in [0.05, 0.1) is 5.56 Å². The summed E-state index contributed by atoms with van der Waals surface area (Å²) >= 11 is 1.63. The first-order chi connectivity index (χ1) is 10.0. The van der Waals surface area contributed by atoms with E-state index in [2.05, 4.69) is 16.0 Å². The minimum atomic E-state index is -0.990. The summed E-state index contributed by atoms with van der Waals surface area (Å²) in [5.74, 6) is -0.990. The number of anilines is 1. The Balaban J connectivity index is 1.84. The van der Waals surface area contributed by atoms with Crippen molar-refractivity contribution in [3.63, 3.8) is 0 Å². The number of carboxylic acid groups (broad SMARTS) is 1. The molecule has 1 heterocycles. The fraction of sp³-hybridized carbons (Fsp3) is 0.200. The van der Waals surface area contributed by atoms with Gasteiger partial charge in [-0.05, 0) is 60.0 Å². The van der Waals surface area contributed by atoms with Crippen molar-refractivity contribution < 1.29 is 14.7 Å². The van der Waals surface area contributed by atoms with Gasteiger partial charge >= 0.3 is 12.0 Å². The number of rotatable bonds is 5. The number of hydrogen-bond donors (Lipinski definition) is 3. The van der Waals surface area contributed by atoms with Gasteiger partial charge in [-0.2, -0.15) is 11.3 Å². The number of amides is 2. The van der Waals surface area contributed by atoms with Crippen molar-refractivity contribution in [2.24, 2.45) is 0 Å². The van der Waals surface area contributed by atoms with Crippen molar-refractivity contribution in [3.8, 4) is 0 Å². The summed E-state index contributed by atoms with van der Waals surface area (Å²) in [6, 6.07) is 7.77. The highest BCUT2D eigenvalue weighted by Crippen LogP contribution is 2.11. The number of hydrogen-bond acceptors (Lipinski definition) is 3. The van der Waals surface area contributed by atoms with Gasteiger partial charge < -0.3 is 15.7 Å². The van der Waals surface area contributed by atoms with Crippen LogP contribution in [0.5, 0.6) is 0 Å². The van der Waals surface area contributed by atoms with Gasteiger partial charge in [-0.15, -0.1) is 0 Å². The van der Waals surface area contributed by atoms with Gasteiger partial charge in [0.25, 0.3) is 0 Å². The number of urea groups is 1. The standard InChI is InChI=1S/C15H16N2O3S/c1-10(8-11-6-7-21-9-11)16-15(20)17-13-4-2-12(3-5-13)14(18)19/h2-7,9-10H,8H2,1H3,(H,18,19)(H2,16,17,20). The summed E-state index contributed by atoms with van der Waals surface area (Å²) < 4.78 is 0. The molecule has 0 saturated carbocycles. The van der Waals surface area contributed by atoms with E-state index in [-0.39, 0.29) is 17.6 Å². The molecule has 6 heteroatoms. The Bertz CT molecular complexity index is 608. The molecule has 0 aliphatic heterocycles. The summed E-state index contributed by atoms with van der Waals surface area (Å²) in [5.41, 5.74) is 1.94. The summed E-state index contributed by atoms with van der Waals surface area (Å²) in [6.07, 6.45) is 0.773. The van der Waals surface area contributed by atoms with E-state index in [0.717, 1.165) is 6.42 Å². The Labute approximate surface area is 126 Å². The van der Waals surface area contributed by atoms with E-state index in [4.69, 9.17) is 5.11 Å². The molecule has 0 bridgehead atoms. The molecule has 2 aromatic rings. The highest BCUT2D eigenvalue weighted by molar-refractivity contribution is 7.07. The van der Waals surface area contributed by atoms with Gasteiger partial charge in [-0.1, -0.05) is 0 Å². The molecule has 21 heavy (non-hydrogen) atoms. The predicted octanol–water partition coefficient (Wildman–Crippen LogP) is 3.20. The average Bonchev–Trinajstić information content (AvgIpc) is 2.91. The van der Waals surface area contributed by atoms with Crippen molar-refractivity contribution in [1.29, 1.82) is 0 Å². The monoisotopic (exact) mass is 304 g/mol. The predicted molar refractivity (Wildman–Crippen MR) is 83.0 cm³/mol. The SMILES string of the molecule is CC(Cc1ccsc1)NC(=O)Nc1ccc(C(=O)O)cc1. The molecule has 1 aromatic heterocycles. The number of benzene rings is 1. The van der Waals surface area contributed by atoms with E-state index >= 15 is 0 Å². The first-order valence-electron chi connectivity index (χ1n) is 6.46. The zero-order valence-electron chi connectivity index (χ0n) is 11.5. The van der Waals surface area contributed by atoms with Crippen LogP contribution in [0.2, 0.25) is 0 Å². The van der Waals surface area contributed by atoms with Crippen LogP contribution in [0, 0.1) is 0 Å². The van der Waals surface area contributed by atoms with Crippen LogP contribution in [0.4, 0.5) is 10.5 Å². The molecule has 5 nitrogen and oxygen atoms in total. The van der Waals surface area contributed by atoms with E-state index in [9.17, 15) is 9.59 Å². The molecule has 1 unspecified atom stereocenters. The second kappa shape index (κ2) is 6.90. The fourth-order valence-corrected chi connectivity index (χ4v) is 2.58. The van der Waals surface area contributed by atoms with Crippen molar-refractivity contribution in [3.05, 3.63) is 52.2 Å². The lowest BCUT2D eigenvalue weighted by Gasteiger charge is -2.14. The van der Waals surface area contributed by atoms with Crippen LogP contribution in [0.15, 0.2) is 41.1 Å². The van der Waals surface area contributed by atoms with E-state index < -0.39 is 5.97 Å². The van der Waals surface area contributed by atoms with E-state index in [1.165, 1.54) is 17.7 Å². The number of thiophene rings is 1. The van der Waals surface area contributed by atoms with Crippen molar-refractivity contribution in [2.45, 2.75) is 19.4 Å². The molecule has 0 aliphatic carbocycles. The van der Waals surface area contributed by atoms with Gasteiger partial charge in [0, 0.05) is 11.7 Å². The molecule has 3 N–H and O–H groups in total. The molecule has 0 spiro atoms. The summed E-state index contributed by atoms with van der Waals surface area (Å²) in [7, 11) is 0. The zero-order chi connectivity index (χ0) is 15.2. The molecule has 2 amide bonds. The quantitative estimate of drug-likeness (QED) is 0.793. The van der Waals surface area contributed by atoms with Gasteiger partial charge in [-0.3, -0.25) is 0 Å². The Hall–Kier alpha value is -2.34. The molecular weight excluding hydrogens is 288 g/mol. The molecule has 1 atom stereocenters. The third-order valence-corrected chi connectivity index (χ3v) is 3.62. The van der Waals surface area contributed by atoms with Crippen molar-refractivity contribution in [2.75, 3.05) is 5.32 Å². The Morgan fingerprint density at radius 2 is 1.95 bits per heavy atom. The van der Waals surface area contributed by atoms with Crippen LogP contribution >= 0.6 is 11.3 Å². The van der Waals surface area contributed by atoms with Gasteiger partial charge in [0.15, 0.2) is 0 Å². The first-order valence-corrected chi connectivity index (χ1v) is 7.41. The molecule has 0 aliphatic rings. The maximum atomic E-state index is 11.8. The summed E-state index contributed by atoms with van der Waals surface area (Å²) in [4.78, 5) is 22.6. The Morgan fingerprint density at radius 3 is 2.52 bits per heavy atom. The second-order valence-electron chi connectivity index (χ2n) is 4.72. The smallest absolute Gasteiger partial charge is 0.335 e. The topological polar surface area (TPSA) is 78.4 Å². The molecule has 2 rings (SSSR count). The minimum Gasteiger partial charge on any atom is -0.478 e. The van der Waals surface area contributed by atoms with Crippen LogP contribution in [0.3, 0.4) is 0 Å². The van der Waals surface area contributed by atoms with E-state index in [1.54, 1.807) is 23.5 Å². The van der Waals surface area contributed by atoms with Crippen LogP contribution < -0.4 is 10.6 Å². The molecule has 110 valence electrons. The Kier molecular flexibility index (Phi) is 4.94. The van der Waals surface area contributed by atoms with Gasteiger partial charge in [0.1, 0.15) is 0 Å². The zero-order valence-corrected chi connectivity index (χ0v) is 12.3. The molecule has 1 aromatic carbocycles. The lowest BCUT2D eigenvalue weighted by molar-refractivity contribution is 0.0697. The third-order valence-electron chi connectivity index (χ3n) is 2.89. The largest absolute Gasteiger partial charge is 0.478 e. The van der Waals surface area contributed by atoms with Crippen LogP contribution in [-0.2, 0) is 6.42 Å². The Morgan fingerprint density at radius 1 is 1.24 bits per heavy atom. The third kappa shape index (κ3) is 4.61.